The molecule has 0 fully saturated rings. The fourth-order valence-electron chi connectivity index (χ4n) is 1.59. The maximum absolute atomic E-state index is 12.9. The minimum absolute atomic E-state index is 0.177. The van der Waals surface area contributed by atoms with E-state index < -0.39 is 5.60 Å². The molecule has 0 spiro atoms. The zero-order chi connectivity index (χ0) is 13.6. The van der Waals surface area contributed by atoms with E-state index in [1.54, 1.807) is 19.9 Å². The molecule has 1 aromatic carbocycles. The highest BCUT2D eigenvalue weighted by molar-refractivity contribution is 5.32. The second-order valence-electron chi connectivity index (χ2n) is 4.87. The summed E-state index contributed by atoms with van der Waals surface area (Å²) in [6, 6.07) is 4.35. The quantitative estimate of drug-likeness (QED) is 0.734. The van der Waals surface area contributed by atoms with Crippen molar-refractivity contribution in [2.75, 3.05) is 19.7 Å². The molecule has 1 unspecified atom stereocenters. The van der Waals surface area contributed by atoms with Crippen molar-refractivity contribution in [3.05, 3.63) is 29.6 Å². The molecule has 102 valence electrons. The van der Waals surface area contributed by atoms with Gasteiger partial charge in [-0.3, -0.25) is 0 Å². The van der Waals surface area contributed by atoms with Crippen LogP contribution in [0.25, 0.3) is 0 Å². The summed E-state index contributed by atoms with van der Waals surface area (Å²) in [5, 5.41) is 13.2. The number of ether oxygens (including phenoxy) is 1. The molecule has 0 aliphatic rings. The molecule has 3 nitrogen and oxygen atoms in total. The summed E-state index contributed by atoms with van der Waals surface area (Å²) in [4.78, 5) is 0. The maximum Gasteiger partial charge on any atom is 0.123 e. The first-order valence-corrected chi connectivity index (χ1v) is 6.26. The predicted octanol–water partition coefficient (Wildman–Crippen LogP) is 2.26. The number of halogens is 1. The van der Waals surface area contributed by atoms with Crippen LogP contribution in [0, 0.1) is 12.7 Å². The van der Waals surface area contributed by atoms with Crippen LogP contribution in [-0.4, -0.2) is 30.4 Å². The molecule has 18 heavy (non-hydrogen) atoms. The Bertz CT molecular complexity index is 380. The highest BCUT2D eigenvalue weighted by Crippen LogP contribution is 2.19. The largest absolute Gasteiger partial charge is 0.490 e. The zero-order valence-electron chi connectivity index (χ0n) is 11.3. The summed E-state index contributed by atoms with van der Waals surface area (Å²) < 4.78 is 18.4. The van der Waals surface area contributed by atoms with Crippen molar-refractivity contribution < 1.29 is 14.2 Å². The maximum atomic E-state index is 12.9. The van der Waals surface area contributed by atoms with Gasteiger partial charge >= 0.3 is 0 Å². The van der Waals surface area contributed by atoms with Gasteiger partial charge in [0.25, 0.3) is 0 Å². The predicted molar refractivity (Wildman–Crippen MR) is 70.4 cm³/mol. The molecule has 2 N–H and O–H groups in total. The molecule has 1 atom stereocenters. The van der Waals surface area contributed by atoms with Crippen LogP contribution in [0.3, 0.4) is 0 Å². The Labute approximate surface area is 108 Å². The molecule has 0 amide bonds. The number of benzene rings is 1. The lowest BCUT2D eigenvalue weighted by Gasteiger charge is -2.24. The third-order valence-electron chi connectivity index (χ3n) is 2.61. The number of aliphatic hydroxyl groups is 1. The lowest BCUT2D eigenvalue weighted by Crippen LogP contribution is -2.43. The van der Waals surface area contributed by atoms with Crippen molar-refractivity contribution in [1.29, 1.82) is 0 Å². The van der Waals surface area contributed by atoms with E-state index in [-0.39, 0.29) is 12.4 Å². The van der Waals surface area contributed by atoms with E-state index in [4.69, 9.17) is 4.74 Å². The zero-order valence-corrected chi connectivity index (χ0v) is 11.3. The summed E-state index contributed by atoms with van der Waals surface area (Å²) in [5.41, 5.74) is -0.206. The second-order valence-corrected chi connectivity index (χ2v) is 4.87. The Morgan fingerprint density at radius 1 is 1.44 bits per heavy atom. The lowest BCUT2D eigenvalue weighted by molar-refractivity contribution is 0.0123. The number of nitrogens with one attached hydrogen (secondary N) is 1. The van der Waals surface area contributed by atoms with Gasteiger partial charge in [0.05, 0.1) is 0 Å². The third kappa shape index (κ3) is 5.02. The average Bonchev–Trinajstić information content (AvgIpc) is 2.28. The first-order valence-electron chi connectivity index (χ1n) is 6.26. The van der Waals surface area contributed by atoms with Crippen LogP contribution >= 0.6 is 0 Å². The first-order chi connectivity index (χ1) is 8.44. The van der Waals surface area contributed by atoms with Crippen molar-refractivity contribution >= 4 is 0 Å². The summed E-state index contributed by atoms with van der Waals surface area (Å²) in [5.74, 6) is 0.323. The minimum atomic E-state index is -0.935. The van der Waals surface area contributed by atoms with Crippen molar-refractivity contribution in [3.8, 4) is 5.75 Å². The van der Waals surface area contributed by atoms with Crippen LogP contribution in [0.4, 0.5) is 4.39 Å². The molecule has 0 aliphatic heterocycles. The molecule has 0 heterocycles. The van der Waals surface area contributed by atoms with E-state index in [1.165, 1.54) is 12.1 Å². The van der Waals surface area contributed by atoms with E-state index in [0.717, 1.165) is 18.5 Å². The molecule has 1 rings (SSSR count). The topological polar surface area (TPSA) is 41.5 Å². The molecular formula is C14H22FNO2. The van der Waals surface area contributed by atoms with E-state index in [9.17, 15) is 9.50 Å². The van der Waals surface area contributed by atoms with E-state index in [2.05, 4.69) is 12.2 Å². The monoisotopic (exact) mass is 255 g/mol. The van der Waals surface area contributed by atoms with Gasteiger partial charge in [-0.1, -0.05) is 6.92 Å². The molecule has 0 radical (unpaired) electrons. The van der Waals surface area contributed by atoms with Crippen molar-refractivity contribution in [3.63, 3.8) is 0 Å². The highest BCUT2D eigenvalue weighted by Gasteiger charge is 2.21. The Morgan fingerprint density at radius 3 is 2.78 bits per heavy atom. The van der Waals surface area contributed by atoms with Gasteiger partial charge < -0.3 is 15.2 Å². The van der Waals surface area contributed by atoms with Gasteiger partial charge in [-0.05, 0) is 50.6 Å². The smallest absolute Gasteiger partial charge is 0.123 e. The van der Waals surface area contributed by atoms with Crippen LogP contribution in [0.15, 0.2) is 18.2 Å². The van der Waals surface area contributed by atoms with Gasteiger partial charge in [-0.25, -0.2) is 4.39 Å². The highest BCUT2D eigenvalue weighted by atomic mass is 19.1. The Kier molecular flexibility index (Phi) is 5.56. The normalized spacial score (nSPS) is 14.3. The summed E-state index contributed by atoms with van der Waals surface area (Å²) in [6.45, 7) is 7.08. The van der Waals surface area contributed by atoms with Crippen LogP contribution in [0.5, 0.6) is 5.75 Å². The molecular weight excluding hydrogens is 233 g/mol. The number of aryl methyl sites for hydroxylation is 1. The molecule has 4 heteroatoms. The van der Waals surface area contributed by atoms with Gasteiger partial charge in [0.15, 0.2) is 0 Å². The fraction of sp³-hybridized carbons (Fsp3) is 0.571. The lowest BCUT2D eigenvalue weighted by atomic mass is 10.1. The Balaban J connectivity index is 2.48. The van der Waals surface area contributed by atoms with E-state index in [1.807, 2.05) is 0 Å². The molecule has 0 aromatic heterocycles. The van der Waals surface area contributed by atoms with Crippen LogP contribution in [-0.2, 0) is 0 Å². The van der Waals surface area contributed by atoms with Crippen molar-refractivity contribution in [2.45, 2.75) is 32.8 Å². The van der Waals surface area contributed by atoms with Gasteiger partial charge in [-0.15, -0.1) is 0 Å². The van der Waals surface area contributed by atoms with Gasteiger partial charge in [-0.2, -0.15) is 0 Å². The molecule has 0 aliphatic carbocycles. The van der Waals surface area contributed by atoms with Crippen LogP contribution in [0.2, 0.25) is 0 Å². The summed E-state index contributed by atoms with van der Waals surface area (Å²) >= 11 is 0. The molecule has 0 bridgehead atoms. The Hall–Kier alpha value is -1.13. The summed E-state index contributed by atoms with van der Waals surface area (Å²) in [6.07, 6.45) is 1.02. The van der Waals surface area contributed by atoms with E-state index in [0.29, 0.717) is 12.3 Å². The third-order valence-corrected chi connectivity index (χ3v) is 2.61. The standard InChI is InChI=1S/C14H22FNO2/c1-4-7-16-9-14(3,17)10-18-13-6-5-12(15)8-11(13)2/h5-6,8,16-17H,4,7,9-10H2,1-3H3. The number of hydrogen-bond acceptors (Lipinski definition) is 3. The average molecular weight is 255 g/mol. The molecule has 1 aromatic rings. The van der Waals surface area contributed by atoms with Crippen LogP contribution < -0.4 is 10.1 Å². The summed E-state index contributed by atoms with van der Waals surface area (Å²) in [7, 11) is 0. The van der Waals surface area contributed by atoms with Gasteiger partial charge in [0, 0.05) is 6.54 Å². The van der Waals surface area contributed by atoms with Crippen molar-refractivity contribution in [1.82, 2.24) is 5.32 Å². The molecule has 0 saturated carbocycles. The fourth-order valence-corrected chi connectivity index (χ4v) is 1.59. The number of hydrogen-bond donors (Lipinski definition) is 2. The van der Waals surface area contributed by atoms with Crippen LogP contribution in [0.1, 0.15) is 25.8 Å². The number of rotatable bonds is 7. The SMILES string of the molecule is CCCNCC(C)(O)COc1ccc(F)cc1C. The minimum Gasteiger partial charge on any atom is -0.490 e. The van der Waals surface area contributed by atoms with Gasteiger partial charge in [0.1, 0.15) is 23.8 Å². The second kappa shape index (κ2) is 6.71. The van der Waals surface area contributed by atoms with Crippen molar-refractivity contribution in [2.24, 2.45) is 0 Å². The molecule has 0 saturated heterocycles. The van der Waals surface area contributed by atoms with E-state index >= 15 is 0 Å². The Morgan fingerprint density at radius 2 is 2.17 bits per heavy atom. The van der Waals surface area contributed by atoms with Gasteiger partial charge in [0.2, 0.25) is 0 Å². The first kappa shape index (κ1) is 14.9.